The molecular formula is C11H21NO3S. The predicted molar refractivity (Wildman–Crippen MR) is 63.3 cm³/mol. The molecule has 0 aromatic carbocycles. The third-order valence-electron chi connectivity index (χ3n) is 3.89. The van der Waals surface area contributed by atoms with Gasteiger partial charge in [0.25, 0.3) is 0 Å². The number of hydrogen-bond donors (Lipinski definition) is 0. The van der Waals surface area contributed by atoms with E-state index in [4.69, 9.17) is 4.74 Å². The fraction of sp³-hybridized carbons (Fsp3) is 1.00. The molecule has 0 aromatic heterocycles. The van der Waals surface area contributed by atoms with E-state index in [-0.39, 0.29) is 5.75 Å². The van der Waals surface area contributed by atoms with Crippen LogP contribution in [-0.4, -0.2) is 57.2 Å². The van der Waals surface area contributed by atoms with Crippen LogP contribution in [0.5, 0.6) is 0 Å². The van der Waals surface area contributed by atoms with E-state index in [0.717, 1.165) is 12.8 Å². The monoisotopic (exact) mass is 247 g/mol. The average Bonchev–Trinajstić information content (AvgIpc) is 2.45. The summed E-state index contributed by atoms with van der Waals surface area (Å²) < 4.78 is 27.8. The van der Waals surface area contributed by atoms with Gasteiger partial charge in [-0.25, -0.2) is 8.42 Å². The van der Waals surface area contributed by atoms with Crippen LogP contribution in [0.4, 0.5) is 0 Å². The summed E-state index contributed by atoms with van der Waals surface area (Å²) in [6.07, 6.45) is 6.24. The van der Waals surface area contributed by atoms with Crippen LogP contribution >= 0.6 is 0 Å². The lowest BCUT2D eigenvalue weighted by Crippen LogP contribution is -2.46. The average molecular weight is 247 g/mol. The topological polar surface area (TPSA) is 46.6 Å². The van der Waals surface area contributed by atoms with Gasteiger partial charge in [0.05, 0.1) is 11.9 Å². The summed E-state index contributed by atoms with van der Waals surface area (Å²) in [6, 6.07) is 1.09. The second-order valence-electron chi connectivity index (χ2n) is 5.08. The number of sulfone groups is 1. The number of hydrogen-bond acceptors (Lipinski definition) is 4. The van der Waals surface area contributed by atoms with E-state index in [0.29, 0.717) is 24.7 Å². The lowest BCUT2D eigenvalue weighted by atomic mass is 10.00. The molecule has 5 heteroatoms. The Morgan fingerprint density at radius 2 is 1.81 bits per heavy atom. The van der Waals surface area contributed by atoms with E-state index in [1.165, 1.54) is 19.1 Å². The first-order valence-electron chi connectivity index (χ1n) is 5.96. The second kappa shape index (κ2) is 4.63. The Labute approximate surface area is 97.9 Å². The minimum Gasteiger partial charge on any atom is -0.381 e. The third-order valence-corrected chi connectivity index (χ3v) is 4.82. The van der Waals surface area contributed by atoms with Gasteiger partial charge in [-0.2, -0.15) is 0 Å². The first-order chi connectivity index (χ1) is 7.49. The molecule has 1 unspecified atom stereocenters. The fourth-order valence-electron chi connectivity index (χ4n) is 3.05. The third kappa shape index (κ3) is 2.76. The molecule has 2 aliphatic rings. The van der Waals surface area contributed by atoms with Gasteiger partial charge in [-0.05, 0) is 25.7 Å². The van der Waals surface area contributed by atoms with E-state index in [1.54, 1.807) is 7.11 Å². The van der Waals surface area contributed by atoms with Crippen LogP contribution in [-0.2, 0) is 14.6 Å². The van der Waals surface area contributed by atoms with Crippen molar-refractivity contribution < 1.29 is 13.2 Å². The zero-order valence-corrected chi connectivity index (χ0v) is 10.9. The standard InChI is InChI=1S/C11H21NO3S/c1-15-11-7-9-3-4-10(8-11)12(9)5-6-16(2,13)14/h9-11H,3-8H2,1-2H3/t9-,10+,11?. The van der Waals surface area contributed by atoms with Crippen molar-refractivity contribution in [3.63, 3.8) is 0 Å². The van der Waals surface area contributed by atoms with Crippen molar-refractivity contribution in [3.8, 4) is 0 Å². The zero-order valence-electron chi connectivity index (χ0n) is 10.1. The molecule has 0 N–H and O–H groups in total. The number of rotatable bonds is 4. The molecule has 2 rings (SSSR count). The summed E-state index contributed by atoms with van der Waals surface area (Å²) in [5.74, 6) is 0.289. The van der Waals surface area contributed by atoms with Crippen molar-refractivity contribution in [1.29, 1.82) is 0 Å². The molecule has 0 spiro atoms. The molecule has 2 fully saturated rings. The maximum Gasteiger partial charge on any atom is 0.148 e. The van der Waals surface area contributed by atoms with E-state index >= 15 is 0 Å². The summed E-state index contributed by atoms with van der Waals surface area (Å²) in [6.45, 7) is 0.699. The highest BCUT2D eigenvalue weighted by Gasteiger charge is 2.40. The highest BCUT2D eigenvalue weighted by molar-refractivity contribution is 7.90. The Morgan fingerprint density at radius 1 is 1.25 bits per heavy atom. The number of ether oxygens (including phenoxy) is 1. The van der Waals surface area contributed by atoms with Gasteiger partial charge in [0.15, 0.2) is 0 Å². The lowest BCUT2D eigenvalue weighted by molar-refractivity contribution is 0.00839. The summed E-state index contributed by atoms with van der Waals surface area (Å²) >= 11 is 0. The molecular weight excluding hydrogens is 226 g/mol. The van der Waals surface area contributed by atoms with Crippen LogP contribution in [0.2, 0.25) is 0 Å². The molecule has 0 aliphatic carbocycles. The molecule has 94 valence electrons. The van der Waals surface area contributed by atoms with Crippen molar-refractivity contribution in [1.82, 2.24) is 4.90 Å². The van der Waals surface area contributed by atoms with Crippen LogP contribution < -0.4 is 0 Å². The Bertz CT molecular complexity index is 327. The predicted octanol–water partition coefficient (Wildman–Crippen LogP) is 0.673. The van der Waals surface area contributed by atoms with Crippen LogP contribution in [0, 0.1) is 0 Å². The molecule has 2 aliphatic heterocycles. The smallest absolute Gasteiger partial charge is 0.148 e. The van der Waals surface area contributed by atoms with Crippen molar-refractivity contribution >= 4 is 9.84 Å². The van der Waals surface area contributed by atoms with Crippen LogP contribution in [0.15, 0.2) is 0 Å². The highest BCUT2D eigenvalue weighted by atomic mass is 32.2. The molecule has 0 radical (unpaired) electrons. The van der Waals surface area contributed by atoms with Crippen LogP contribution in [0.3, 0.4) is 0 Å². The molecule has 0 aromatic rings. The fourth-order valence-corrected chi connectivity index (χ4v) is 3.60. The summed E-state index contributed by atoms with van der Waals surface area (Å²) in [5, 5.41) is 0. The van der Waals surface area contributed by atoms with Gasteiger partial charge in [-0.3, -0.25) is 4.90 Å². The van der Waals surface area contributed by atoms with Crippen molar-refractivity contribution in [2.75, 3.05) is 25.7 Å². The van der Waals surface area contributed by atoms with Crippen molar-refractivity contribution in [2.45, 2.75) is 43.9 Å². The molecule has 4 nitrogen and oxygen atoms in total. The molecule has 3 atom stereocenters. The van der Waals surface area contributed by atoms with Gasteiger partial charge in [0.1, 0.15) is 9.84 Å². The van der Waals surface area contributed by atoms with Gasteiger partial charge < -0.3 is 4.74 Å². The Hall–Kier alpha value is -0.130. The Balaban J connectivity index is 1.93. The molecule has 16 heavy (non-hydrogen) atoms. The van der Waals surface area contributed by atoms with Crippen LogP contribution in [0.1, 0.15) is 25.7 Å². The normalized spacial score (nSPS) is 35.5. The maximum absolute atomic E-state index is 11.2. The second-order valence-corrected chi connectivity index (χ2v) is 7.34. The van der Waals surface area contributed by atoms with Gasteiger partial charge in [0.2, 0.25) is 0 Å². The first kappa shape index (κ1) is 12.3. The molecule has 2 saturated heterocycles. The van der Waals surface area contributed by atoms with E-state index in [9.17, 15) is 8.42 Å². The molecule has 2 bridgehead atoms. The van der Waals surface area contributed by atoms with Gasteiger partial charge in [0, 0.05) is 32.0 Å². The summed E-state index contributed by atoms with van der Waals surface area (Å²) in [7, 11) is -1.06. The van der Waals surface area contributed by atoms with E-state index in [2.05, 4.69) is 4.90 Å². The van der Waals surface area contributed by atoms with Gasteiger partial charge in [-0.15, -0.1) is 0 Å². The number of nitrogens with zero attached hydrogens (tertiary/aromatic N) is 1. The quantitative estimate of drug-likeness (QED) is 0.732. The lowest BCUT2D eigenvalue weighted by Gasteiger charge is -2.38. The van der Waals surface area contributed by atoms with Crippen LogP contribution in [0.25, 0.3) is 0 Å². The minimum atomic E-state index is -2.83. The van der Waals surface area contributed by atoms with Crippen molar-refractivity contribution in [3.05, 3.63) is 0 Å². The Morgan fingerprint density at radius 3 is 2.25 bits per heavy atom. The highest BCUT2D eigenvalue weighted by Crippen LogP contribution is 2.36. The summed E-state index contributed by atoms with van der Waals surface area (Å²) in [5.41, 5.74) is 0. The van der Waals surface area contributed by atoms with Gasteiger partial charge in [-0.1, -0.05) is 0 Å². The number of methoxy groups -OCH3 is 1. The minimum absolute atomic E-state index is 0.289. The van der Waals surface area contributed by atoms with E-state index < -0.39 is 9.84 Å². The summed E-state index contributed by atoms with van der Waals surface area (Å²) in [4.78, 5) is 2.39. The first-order valence-corrected chi connectivity index (χ1v) is 8.02. The molecule has 0 saturated carbocycles. The number of fused-ring (bicyclic) bond motifs is 2. The van der Waals surface area contributed by atoms with Gasteiger partial charge >= 0.3 is 0 Å². The number of piperidine rings is 1. The molecule has 0 amide bonds. The largest absolute Gasteiger partial charge is 0.381 e. The van der Waals surface area contributed by atoms with Crippen molar-refractivity contribution in [2.24, 2.45) is 0 Å². The Kier molecular flexibility index (Phi) is 3.56. The zero-order chi connectivity index (χ0) is 11.8. The maximum atomic E-state index is 11.2. The SMILES string of the molecule is COC1C[C@H]2CC[C@@H](C1)N2CCS(C)(=O)=O. The molecule has 2 heterocycles. The van der Waals surface area contributed by atoms with E-state index in [1.807, 2.05) is 0 Å².